The van der Waals surface area contributed by atoms with Gasteiger partial charge in [-0.3, -0.25) is 0 Å². The number of aliphatic hydroxyl groups is 1. The van der Waals surface area contributed by atoms with E-state index in [1.807, 2.05) is 0 Å². The lowest BCUT2D eigenvalue weighted by Crippen LogP contribution is -1.95. The Morgan fingerprint density at radius 3 is 2.80 bits per heavy atom. The molecular weight excluding hydrogens is 128 g/mol. The lowest BCUT2D eigenvalue weighted by atomic mass is 10.4. The molecule has 0 rings (SSSR count). The fraction of sp³-hybridized carbons (Fsp3) is 0.500. The van der Waals surface area contributed by atoms with Gasteiger partial charge in [0, 0.05) is 0 Å². The summed E-state index contributed by atoms with van der Waals surface area (Å²) in [5.41, 5.74) is 0. The molecule has 0 aliphatic heterocycles. The molecule has 0 spiro atoms. The summed E-state index contributed by atoms with van der Waals surface area (Å²) in [6.07, 6.45) is 4.78. The fourth-order valence-electron chi connectivity index (χ4n) is 0.472. The molecule has 0 saturated heterocycles. The monoisotopic (exact) mass is 142 g/mol. The van der Waals surface area contributed by atoms with Gasteiger partial charge >= 0.3 is 0 Å². The highest BCUT2D eigenvalue weighted by molar-refractivity contribution is 4.86. The smallest absolute Gasteiger partial charge is 0.0693 e. The predicted molar refractivity (Wildman–Crippen MR) is 41.8 cm³/mol. The zero-order valence-electron chi connectivity index (χ0n) is 6.29. The van der Waals surface area contributed by atoms with Gasteiger partial charge in [-0.1, -0.05) is 18.2 Å². The van der Waals surface area contributed by atoms with Gasteiger partial charge in [0.05, 0.1) is 19.3 Å². The zero-order chi connectivity index (χ0) is 7.82. The SMILES string of the molecule is C=CCOC/C=C/[C@H](C)O. The molecule has 2 heteroatoms. The largest absolute Gasteiger partial charge is 0.389 e. The second-order valence-electron chi connectivity index (χ2n) is 1.99. The van der Waals surface area contributed by atoms with Crippen LogP contribution in [0.1, 0.15) is 6.92 Å². The Labute approximate surface area is 61.8 Å². The Balaban J connectivity index is 3.10. The average molecular weight is 142 g/mol. The average Bonchev–Trinajstić information content (AvgIpc) is 1.87. The number of rotatable bonds is 5. The summed E-state index contributed by atoms with van der Waals surface area (Å²) in [5, 5.41) is 8.75. The second kappa shape index (κ2) is 6.52. The van der Waals surface area contributed by atoms with Gasteiger partial charge in [-0.2, -0.15) is 0 Å². The molecule has 0 aromatic rings. The Bertz CT molecular complexity index is 106. The van der Waals surface area contributed by atoms with Gasteiger partial charge in [0.25, 0.3) is 0 Å². The fourth-order valence-corrected chi connectivity index (χ4v) is 0.472. The first-order valence-corrected chi connectivity index (χ1v) is 3.30. The van der Waals surface area contributed by atoms with Gasteiger partial charge in [-0.05, 0) is 6.92 Å². The summed E-state index contributed by atoms with van der Waals surface area (Å²) < 4.78 is 5.02. The van der Waals surface area contributed by atoms with Crippen LogP contribution in [0.5, 0.6) is 0 Å². The molecule has 0 amide bonds. The number of ether oxygens (including phenoxy) is 1. The van der Waals surface area contributed by atoms with Crippen LogP contribution in [0.4, 0.5) is 0 Å². The van der Waals surface area contributed by atoms with Gasteiger partial charge in [0.15, 0.2) is 0 Å². The number of aliphatic hydroxyl groups excluding tert-OH is 1. The molecule has 0 unspecified atom stereocenters. The van der Waals surface area contributed by atoms with Crippen molar-refractivity contribution in [3.63, 3.8) is 0 Å². The third-order valence-electron chi connectivity index (χ3n) is 0.864. The van der Waals surface area contributed by atoms with Crippen molar-refractivity contribution in [3.05, 3.63) is 24.8 Å². The van der Waals surface area contributed by atoms with Gasteiger partial charge in [-0.25, -0.2) is 0 Å². The first-order valence-electron chi connectivity index (χ1n) is 3.30. The molecule has 0 aromatic carbocycles. The summed E-state index contributed by atoms with van der Waals surface area (Å²) in [7, 11) is 0. The van der Waals surface area contributed by atoms with Crippen molar-refractivity contribution >= 4 is 0 Å². The minimum atomic E-state index is -0.382. The maximum absolute atomic E-state index is 8.75. The molecule has 10 heavy (non-hydrogen) atoms. The van der Waals surface area contributed by atoms with E-state index in [9.17, 15) is 0 Å². The van der Waals surface area contributed by atoms with Crippen molar-refractivity contribution in [3.8, 4) is 0 Å². The topological polar surface area (TPSA) is 29.5 Å². The first kappa shape index (κ1) is 9.40. The zero-order valence-corrected chi connectivity index (χ0v) is 6.29. The van der Waals surface area contributed by atoms with E-state index >= 15 is 0 Å². The molecular formula is C8H14O2. The van der Waals surface area contributed by atoms with E-state index in [0.717, 1.165) is 0 Å². The third kappa shape index (κ3) is 7.40. The van der Waals surface area contributed by atoms with Crippen molar-refractivity contribution in [1.82, 2.24) is 0 Å². The predicted octanol–water partition coefficient (Wildman–Crippen LogP) is 1.13. The van der Waals surface area contributed by atoms with Crippen molar-refractivity contribution < 1.29 is 9.84 Å². The van der Waals surface area contributed by atoms with Gasteiger partial charge in [0.1, 0.15) is 0 Å². The standard InChI is InChI=1S/C8H14O2/c1-3-6-10-7-4-5-8(2)9/h3-5,8-9H,1,6-7H2,2H3/b5-4+/t8-/m0/s1. The van der Waals surface area contributed by atoms with Crippen molar-refractivity contribution in [2.45, 2.75) is 13.0 Å². The minimum absolute atomic E-state index is 0.382. The summed E-state index contributed by atoms with van der Waals surface area (Å²) >= 11 is 0. The molecule has 2 nitrogen and oxygen atoms in total. The highest BCUT2D eigenvalue weighted by Crippen LogP contribution is 1.83. The lowest BCUT2D eigenvalue weighted by Gasteiger charge is -1.95. The van der Waals surface area contributed by atoms with E-state index in [-0.39, 0.29) is 6.10 Å². The molecule has 0 aliphatic rings. The molecule has 1 N–H and O–H groups in total. The van der Waals surface area contributed by atoms with Crippen LogP contribution in [0, 0.1) is 0 Å². The van der Waals surface area contributed by atoms with Crippen LogP contribution in [-0.2, 0) is 4.74 Å². The highest BCUT2D eigenvalue weighted by atomic mass is 16.5. The van der Waals surface area contributed by atoms with E-state index in [2.05, 4.69) is 6.58 Å². The van der Waals surface area contributed by atoms with E-state index in [0.29, 0.717) is 13.2 Å². The van der Waals surface area contributed by atoms with Crippen LogP contribution < -0.4 is 0 Å². The summed E-state index contributed by atoms with van der Waals surface area (Å²) in [6.45, 7) is 6.29. The van der Waals surface area contributed by atoms with Crippen LogP contribution in [0.3, 0.4) is 0 Å². The number of hydrogen-bond donors (Lipinski definition) is 1. The third-order valence-corrected chi connectivity index (χ3v) is 0.864. The van der Waals surface area contributed by atoms with Crippen molar-refractivity contribution in [2.75, 3.05) is 13.2 Å². The maximum atomic E-state index is 8.75. The van der Waals surface area contributed by atoms with Gasteiger partial charge in [0.2, 0.25) is 0 Å². The van der Waals surface area contributed by atoms with Crippen molar-refractivity contribution in [2.24, 2.45) is 0 Å². The first-order chi connectivity index (χ1) is 4.77. The quantitative estimate of drug-likeness (QED) is 0.460. The molecule has 0 fully saturated rings. The summed E-state index contributed by atoms with van der Waals surface area (Å²) in [6, 6.07) is 0. The van der Waals surface area contributed by atoms with E-state index in [4.69, 9.17) is 9.84 Å². The molecule has 0 radical (unpaired) electrons. The van der Waals surface area contributed by atoms with Gasteiger partial charge < -0.3 is 9.84 Å². The Morgan fingerprint density at radius 2 is 2.30 bits per heavy atom. The normalized spacial score (nSPS) is 13.8. The molecule has 0 heterocycles. The summed E-state index contributed by atoms with van der Waals surface area (Å²) in [4.78, 5) is 0. The Kier molecular flexibility index (Phi) is 6.13. The van der Waals surface area contributed by atoms with Gasteiger partial charge in [-0.15, -0.1) is 6.58 Å². The van der Waals surface area contributed by atoms with Crippen LogP contribution in [0.2, 0.25) is 0 Å². The van der Waals surface area contributed by atoms with E-state index in [1.165, 1.54) is 0 Å². The molecule has 58 valence electrons. The van der Waals surface area contributed by atoms with Crippen LogP contribution in [-0.4, -0.2) is 24.4 Å². The second-order valence-corrected chi connectivity index (χ2v) is 1.99. The Hall–Kier alpha value is -0.600. The molecule has 0 aliphatic carbocycles. The molecule has 0 bridgehead atoms. The van der Waals surface area contributed by atoms with E-state index < -0.39 is 0 Å². The van der Waals surface area contributed by atoms with E-state index in [1.54, 1.807) is 25.2 Å². The molecule has 1 atom stereocenters. The summed E-state index contributed by atoms with van der Waals surface area (Å²) in [5.74, 6) is 0. The van der Waals surface area contributed by atoms with Crippen LogP contribution >= 0.6 is 0 Å². The maximum Gasteiger partial charge on any atom is 0.0693 e. The van der Waals surface area contributed by atoms with Crippen LogP contribution in [0.25, 0.3) is 0 Å². The Morgan fingerprint density at radius 1 is 1.60 bits per heavy atom. The molecule has 0 aromatic heterocycles. The molecule has 0 saturated carbocycles. The van der Waals surface area contributed by atoms with Crippen molar-refractivity contribution in [1.29, 1.82) is 0 Å². The lowest BCUT2D eigenvalue weighted by molar-refractivity contribution is 0.191. The highest BCUT2D eigenvalue weighted by Gasteiger charge is 1.83. The van der Waals surface area contributed by atoms with Crippen LogP contribution in [0.15, 0.2) is 24.8 Å². The number of hydrogen-bond acceptors (Lipinski definition) is 2. The minimum Gasteiger partial charge on any atom is -0.389 e.